The quantitative estimate of drug-likeness (QED) is 0.0233. The number of likely N-dealkylation sites (tertiary alicyclic amines) is 2. The Morgan fingerprint density at radius 3 is 1.96 bits per heavy atom. The summed E-state index contributed by atoms with van der Waals surface area (Å²) < 4.78 is 34.8. The van der Waals surface area contributed by atoms with Gasteiger partial charge in [-0.05, 0) is 182 Å². The lowest BCUT2D eigenvalue weighted by Crippen LogP contribution is -2.57. The molecule has 7 N–H and O–H groups in total. The number of nitrogens with zero attached hydrogens (tertiary/aromatic N) is 4. The molecule has 4 aliphatic carbocycles. The number of rotatable bonds is 32. The Kier molecular flexibility index (Phi) is 23.2. The van der Waals surface area contributed by atoms with Crippen LogP contribution < -0.4 is 31.3 Å². The van der Waals surface area contributed by atoms with E-state index in [1.165, 1.54) is 29.4 Å². The Bertz CT molecular complexity index is 2970. The van der Waals surface area contributed by atoms with Crippen LogP contribution in [0.15, 0.2) is 59.6 Å². The van der Waals surface area contributed by atoms with Gasteiger partial charge < -0.3 is 56.2 Å². The van der Waals surface area contributed by atoms with Crippen molar-refractivity contribution in [3.05, 3.63) is 60.3 Å². The number of hydrogen-bond acceptors (Lipinski definition) is 12. The number of β-amino-alcohol motifs (C(OH)–C–C–N with tert-alkyl or cyclic N) is 1. The van der Waals surface area contributed by atoms with Gasteiger partial charge in [-0.25, -0.2) is 22.0 Å². The number of nitrogens with one attached hydrogen (secondary N) is 5. The van der Waals surface area contributed by atoms with E-state index >= 15 is 0 Å². The number of urea groups is 2. The molecule has 4 saturated heterocycles. The zero-order valence-corrected chi connectivity index (χ0v) is 54.0. The summed E-state index contributed by atoms with van der Waals surface area (Å²) in [5.41, 5.74) is 1.22. The van der Waals surface area contributed by atoms with Crippen molar-refractivity contribution < 1.29 is 52.1 Å². The first kappa shape index (κ1) is 66.3. The second kappa shape index (κ2) is 31.2. The first-order chi connectivity index (χ1) is 43.0. The molecule has 8 aliphatic rings. The van der Waals surface area contributed by atoms with Gasteiger partial charge in [0.25, 0.3) is 10.0 Å². The molecular weight excluding hydrogens is 1170 g/mol. The van der Waals surface area contributed by atoms with Crippen LogP contribution in [0.4, 0.5) is 9.59 Å². The second-order valence-electron chi connectivity index (χ2n) is 27.2. The van der Waals surface area contributed by atoms with E-state index in [4.69, 9.17) is 4.74 Å². The Hall–Kier alpha value is -5.58. The maximum Gasteiger partial charge on any atom is 0.320 e. The molecule has 490 valence electrons. The van der Waals surface area contributed by atoms with Gasteiger partial charge in [0, 0.05) is 94.2 Å². The number of ether oxygens (including phenoxy) is 1. The van der Waals surface area contributed by atoms with Crippen molar-refractivity contribution in [2.75, 3.05) is 71.3 Å². The van der Waals surface area contributed by atoms with Crippen molar-refractivity contribution in [2.45, 2.75) is 195 Å². The van der Waals surface area contributed by atoms with Crippen molar-refractivity contribution in [3.8, 4) is 5.75 Å². The Labute approximate surface area is 530 Å². The van der Waals surface area contributed by atoms with Crippen LogP contribution in [0.1, 0.15) is 160 Å². The third-order valence-electron chi connectivity index (χ3n) is 20.5. The summed E-state index contributed by atoms with van der Waals surface area (Å²) in [4.78, 5) is 83.4. The Morgan fingerprint density at radius 1 is 0.742 bits per heavy atom. The fraction of sp³-hybridized carbons (Fsp3) is 0.701. The van der Waals surface area contributed by atoms with E-state index in [0.717, 1.165) is 114 Å². The first-order valence-electron chi connectivity index (χ1n) is 33.7. The molecular formula is C67H99N9O11S2. The minimum atomic E-state index is -3.90. The van der Waals surface area contributed by atoms with Crippen LogP contribution in [-0.2, 0) is 29.2 Å². The lowest BCUT2D eigenvalue weighted by Gasteiger charge is -2.57. The number of thioether (sulfide) groups is 1. The number of carbonyl (C=O) groups excluding carboxylic acids is 6. The summed E-state index contributed by atoms with van der Waals surface area (Å²) in [6.45, 7) is 5.81. The molecule has 4 saturated carbocycles. The van der Waals surface area contributed by atoms with Crippen molar-refractivity contribution in [3.63, 3.8) is 0 Å². The SMILES string of the molecule is Cc1ccc(S(=O)(=O)n2ccc3c(OCC(O)CN(CCCCCNC(=O)CCCCCNC(=O)CCCCCNC(=O)CCCC[C@@H]4SC[C@@H]5NC(=O)N[C@@H]54)C(=O)N4CCC(C5CCN(C(=O)C67CC8CC(CC(C8)C6)C7)CC5)C(O)C4)cccc32)cc1. The number of aliphatic hydroxyl groups is 2. The van der Waals surface area contributed by atoms with E-state index in [1.807, 2.05) is 18.7 Å². The molecule has 4 aliphatic heterocycles. The maximum atomic E-state index is 14.5. The molecule has 2 aromatic carbocycles. The molecule has 5 heterocycles. The van der Waals surface area contributed by atoms with Crippen LogP contribution in [0.25, 0.3) is 10.9 Å². The summed E-state index contributed by atoms with van der Waals surface area (Å²) in [6, 6.07) is 13.6. The van der Waals surface area contributed by atoms with E-state index in [2.05, 4.69) is 31.5 Å². The van der Waals surface area contributed by atoms with Crippen LogP contribution >= 0.6 is 11.8 Å². The number of fused-ring (bicyclic) bond motifs is 2. The van der Waals surface area contributed by atoms with Crippen molar-refractivity contribution in [2.24, 2.45) is 35.0 Å². The Balaban J connectivity index is 0.612. The zero-order chi connectivity index (χ0) is 62.5. The monoisotopic (exact) mass is 1270 g/mol. The van der Waals surface area contributed by atoms with Crippen molar-refractivity contribution in [1.29, 1.82) is 0 Å². The van der Waals surface area contributed by atoms with Crippen LogP contribution in [0.5, 0.6) is 5.75 Å². The molecule has 89 heavy (non-hydrogen) atoms. The maximum absolute atomic E-state index is 14.5. The molecule has 0 radical (unpaired) electrons. The van der Waals surface area contributed by atoms with E-state index in [1.54, 1.807) is 58.3 Å². The number of aromatic nitrogens is 1. The molecule has 6 atom stereocenters. The number of unbranched alkanes of at least 4 members (excludes halogenated alkanes) is 7. The normalized spacial score (nSPS) is 25.9. The van der Waals surface area contributed by atoms with Gasteiger partial charge in [-0.1, -0.05) is 43.0 Å². The number of benzene rings is 2. The molecule has 8 fully saturated rings. The second-order valence-corrected chi connectivity index (χ2v) is 30.3. The summed E-state index contributed by atoms with van der Waals surface area (Å²) >= 11 is 1.89. The third kappa shape index (κ3) is 17.3. The van der Waals surface area contributed by atoms with Crippen LogP contribution in [0, 0.1) is 41.9 Å². The molecule has 3 unspecified atom stereocenters. The van der Waals surface area contributed by atoms with Crippen LogP contribution in [-0.4, -0.2) is 174 Å². The van der Waals surface area contributed by atoms with E-state index in [0.29, 0.717) is 123 Å². The van der Waals surface area contributed by atoms with Gasteiger partial charge in [0.05, 0.1) is 40.6 Å². The summed E-state index contributed by atoms with van der Waals surface area (Å²) in [7, 11) is -3.90. The molecule has 4 bridgehead atoms. The largest absolute Gasteiger partial charge is 0.490 e. The van der Waals surface area contributed by atoms with Gasteiger partial charge in [-0.3, -0.25) is 19.2 Å². The average Bonchev–Trinajstić information content (AvgIpc) is 1.85. The summed E-state index contributed by atoms with van der Waals surface area (Å²) in [5, 5.41) is 39.2. The highest BCUT2D eigenvalue weighted by molar-refractivity contribution is 8.00. The van der Waals surface area contributed by atoms with Crippen LogP contribution in [0.2, 0.25) is 0 Å². The predicted octanol–water partition coefficient (Wildman–Crippen LogP) is 7.85. The number of amides is 8. The highest BCUT2D eigenvalue weighted by atomic mass is 32.2. The Morgan fingerprint density at radius 2 is 1.34 bits per heavy atom. The zero-order valence-electron chi connectivity index (χ0n) is 52.4. The number of hydrogen-bond donors (Lipinski definition) is 7. The lowest BCUT2D eigenvalue weighted by atomic mass is 9.49. The minimum Gasteiger partial charge on any atom is -0.490 e. The van der Waals surface area contributed by atoms with E-state index < -0.39 is 22.2 Å². The van der Waals surface area contributed by atoms with Gasteiger partial charge in [0.1, 0.15) is 18.5 Å². The lowest BCUT2D eigenvalue weighted by molar-refractivity contribution is -0.159. The van der Waals surface area contributed by atoms with Crippen molar-refractivity contribution >= 4 is 68.4 Å². The molecule has 20 nitrogen and oxygen atoms in total. The highest BCUT2D eigenvalue weighted by Crippen LogP contribution is 2.61. The topological polar surface area (TPSA) is 261 Å². The fourth-order valence-electron chi connectivity index (χ4n) is 16.1. The van der Waals surface area contributed by atoms with Gasteiger partial charge in [0.2, 0.25) is 23.6 Å². The number of carbonyl (C=O) groups is 6. The third-order valence-corrected chi connectivity index (χ3v) is 23.7. The van der Waals surface area contributed by atoms with Gasteiger partial charge in [0.15, 0.2) is 0 Å². The minimum absolute atomic E-state index is 0.0134. The average molecular weight is 1270 g/mol. The molecule has 11 rings (SSSR count). The fourth-order valence-corrected chi connectivity index (χ4v) is 19.0. The van der Waals surface area contributed by atoms with Gasteiger partial charge in [-0.15, -0.1) is 0 Å². The molecule has 0 spiro atoms. The smallest absolute Gasteiger partial charge is 0.320 e. The molecule has 3 aromatic rings. The standard InChI is InChI=1S/C67H99N9O11S2/c1-46-20-22-52(23-21-46)89(85,86)76-35-27-54-56(76)14-13-15-58(54)87-44-51(77)42-74(66(84)75-34-26-53(57(78)43-75)50-24-32-73(33-25-50)64(82)67-39-47-36-48(40-67)38-49(37-47)41-67)31-12-4-11-30-70-61(80)18-6-2-9-28-68-60(79)17-5-3-10-29-69-62(81)19-8-7-16-59-63-55(45-88-59)71-65(83)72-63/h13-15,20-23,27,35,47-51,53,55,57,59,63,77-78H,2-12,16-19,24-26,28-34,36-45H2,1H3,(H,68,79)(H,69,81)(H,70,80)(H2,71,72,83)/t47?,48?,49?,51?,53?,55-,57?,59-,63-,67?/m0/s1. The number of aryl methyl sites for hydroxylation is 1. The molecule has 22 heteroatoms. The predicted molar refractivity (Wildman–Crippen MR) is 344 cm³/mol. The first-order valence-corrected chi connectivity index (χ1v) is 36.2. The van der Waals surface area contributed by atoms with E-state index in [9.17, 15) is 47.4 Å². The summed E-state index contributed by atoms with van der Waals surface area (Å²) in [5.74, 6) is 4.20. The van der Waals surface area contributed by atoms with Crippen LogP contribution in [0.3, 0.4) is 0 Å². The van der Waals surface area contributed by atoms with Crippen molar-refractivity contribution in [1.82, 2.24) is 45.3 Å². The summed E-state index contributed by atoms with van der Waals surface area (Å²) in [6.07, 6.45) is 20.0. The van der Waals surface area contributed by atoms with Gasteiger partial charge in [-0.2, -0.15) is 11.8 Å². The number of piperidine rings is 2. The number of aliphatic hydroxyl groups excluding tert-OH is 2. The molecule has 8 amide bonds. The highest BCUT2D eigenvalue weighted by Gasteiger charge is 2.56. The molecule has 1 aromatic heterocycles. The van der Waals surface area contributed by atoms with Gasteiger partial charge >= 0.3 is 12.1 Å². The van der Waals surface area contributed by atoms with E-state index in [-0.39, 0.29) is 83.7 Å².